The molecule has 8 heteroatoms. The molecule has 0 saturated carbocycles. The summed E-state index contributed by atoms with van der Waals surface area (Å²) in [5, 5.41) is 0. The summed E-state index contributed by atoms with van der Waals surface area (Å²) in [4.78, 5) is 0.738. The summed E-state index contributed by atoms with van der Waals surface area (Å²) in [5.41, 5.74) is 0. The fourth-order valence-electron chi connectivity index (χ4n) is 1.89. The molecule has 0 aliphatic heterocycles. The fraction of sp³-hybridized carbons (Fsp3) is 0.818. The van der Waals surface area contributed by atoms with Crippen LogP contribution in [0.3, 0.4) is 0 Å². The Morgan fingerprint density at radius 3 is 1.26 bits per heavy atom. The first-order valence-electron chi connectivity index (χ1n) is 6.08. The lowest BCUT2D eigenvalue weighted by Crippen LogP contribution is -2.59. The summed E-state index contributed by atoms with van der Waals surface area (Å²) >= 11 is 0. The lowest BCUT2D eigenvalue weighted by molar-refractivity contribution is 0.111. The van der Waals surface area contributed by atoms with Crippen molar-refractivity contribution in [2.24, 2.45) is 0 Å². The molecule has 0 aromatic carbocycles. The molecular formula is C11H26O6Si2. The summed E-state index contributed by atoms with van der Waals surface area (Å²) in [6.45, 7) is 2.08. The van der Waals surface area contributed by atoms with Crippen molar-refractivity contribution < 1.29 is 26.6 Å². The Kier molecular flexibility index (Phi) is 8.95. The zero-order valence-electron chi connectivity index (χ0n) is 12.9. The summed E-state index contributed by atoms with van der Waals surface area (Å²) < 4.78 is 33.2. The van der Waals surface area contributed by atoms with Gasteiger partial charge < -0.3 is 26.6 Å². The van der Waals surface area contributed by atoms with Gasteiger partial charge in [-0.2, -0.15) is 0 Å². The van der Waals surface area contributed by atoms with E-state index in [2.05, 4.69) is 6.92 Å². The molecule has 0 amide bonds. The molecule has 0 aromatic rings. The van der Waals surface area contributed by atoms with Crippen molar-refractivity contribution in [1.82, 2.24) is 0 Å². The van der Waals surface area contributed by atoms with E-state index in [9.17, 15) is 0 Å². The maximum Gasteiger partial charge on any atom is 0.535 e. The van der Waals surface area contributed by atoms with Gasteiger partial charge in [-0.25, -0.2) is 0 Å². The molecule has 0 N–H and O–H groups in total. The predicted octanol–water partition coefficient (Wildman–Crippen LogP) is 1.55. The molecule has 0 spiro atoms. The van der Waals surface area contributed by atoms with Crippen molar-refractivity contribution >= 4 is 17.6 Å². The van der Waals surface area contributed by atoms with Gasteiger partial charge in [0.05, 0.1) is 4.82 Å². The zero-order valence-corrected chi connectivity index (χ0v) is 14.9. The highest BCUT2D eigenvalue weighted by molar-refractivity contribution is 6.91. The molecule has 0 unspecified atom stereocenters. The Hall–Kier alpha value is -0.0662. The average Bonchev–Trinajstić information content (AvgIpc) is 2.48. The quantitative estimate of drug-likeness (QED) is 0.571. The second-order valence-electron chi connectivity index (χ2n) is 3.74. The van der Waals surface area contributed by atoms with Crippen molar-refractivity contribution in [3.05, 3.63) is 10.9 Å². The van der Waals surface area contributed by atoms with E-state index in [1.54, 1.807) is 42.7 Å². The highest BCUT2D eigenvalue weighted by Gasteiger charge is 2.59. The number of rotatable bonds is 10. The van der Waals surface area contributed by atoms with Crippen molar-refractivity contribution in [3.63, 3.8) is 0 Å². The minimum absolute atomic E-state index is 0.738. The Morgan fingerprint density at radius 1 is 0.737 bits per heavy atom. The molecule has 0 atom stereocenters. The van der Waals surface area contributed by atoms with Gasteiger partial charge in [0, 0.05) is 42.7 Å². The van der Waals surface area contributed by atoms with Gasteiger partial charge in [-0.05, 0) is 6.42 Å². The third kappa shape index (κ3) is 3.95. The summed E-state index contributed by atoms with van der Waals surface area (Å²) in [6.07, 6.45) is 3.81. The summed E-state index contributed by atoms with van der Waals surface area (Å²) in [5.74, 6) is 0. The van der Waals surface area contributed by atoms with Gasteiger partial charge in [0.2, 0.25) is 0 Å². The normalized spacial score (nSPS) is 12.6. The van der Waals surface area contributed by atoms with Crippen LogP contribution in [0.5, 0.6) is 0 Å². The lowest BCUT2D eigenvalue weighted by atomic mass is 10.3. The topological polar surface area (TPSA) is 55.4 Å². The van der Waals surface area contributed by atoms with E-state index in [4.69, 9.17) is 26.6 Å². The highest BCUT2D eigenvalue weighted by atomic mass is 28.5. The van der Waals surface area contributed by atoms with Crippen molar-refractivity contribution in [1.29, 1.82) is 0 Å². The lowest BCUT2D eigenvalue weighted by Gasteiger charge is -2.34. The standard InChI is InChI=1S/C11H26O6Si2/c1-8-9-10-11(18(12-2,13-3)14-4)19(15-5,16-6)17-7/h10H,8-9H2,1-7H3. The van der Waals surface area contributed by atoms with Crippen molar-refractivity contribution in [3.8, 4) is 0 Å². The fourth-order valence-corrected chi connectivity index (χ4v) is 8.33. The highest BCUT2D eigenvalue weighted by Crippen LogP contribution is 2.29. The van der Waals surface area contributed by atoms with Gasteiger partial charge >= 0.3 is 17.6 Å². The molecule has 0 fully saturated rings. The Labute approximate surface area is 118 Å². The number of hydrogen-bond donors (Lipinski definition) is 0. The Morgan fingerprint density at radius 2 is 1.05 bits per heavy atom. The summed E-state index contributed by atoms with van der Waals surface area (Å²) in [6, 6.07) is 0. The molecule has 0 saturated heterocycles. The Bertz CT molecular complexity index is 238. The third-order valence-corrected chi connectivity index (χ3v) is 9.70. The maximum atomic E-state index is 5.53. The summed E-state index contributed by atoms with van der Waals surface area (Å²) in [7, 11) is 3.26. The molecule has 6 nitrogen and oxygen atoms in total. The molecular weight excluding hydrogens is 284 g/mol. The van der Waals surface area contributed by atoms with Crippen molar-refractivity contribution in [2.75, 3.05) is 42.7 Å². The van der Waals surface area contributed by atoms with Crippen LogP contribution in [0, 0.1) is 0 Å². The molecule has 0 radical (unpaired) electrons. The van der Waals surface area contributed by atoms with Crippen LogP contribution in [-0.4, -0.2) is 60.3 Å². The molecule has 0 aromatic heterocycles. The van der Waals surface area contributed by atoms with Gasteiger partial charge in [0.25, 0.3) is 0 Å². The number of unbranched alkanes of at least 4 members (excludes halogenated alkanes) is 1. The van der Waals surface area contributed by atoms with Crippen molar-refractivity contribution in [2.45, 2.75) is 19.8 Å². The first-order chi connectivity index (χ1) is 9.06. The van der Waals surface area contributed by atoms with Gasteiger partial charge in [-0.1, -0.05) is 19.4 Å². The van der Waals surface area contributed by atoms with Crippen LogP contribution in [0.4, 0.5) is 0 Å². The molecule has 0 bridgehead atoms. The largest absolute Gasteiger partial charge is 0.535 e. The molecule has 114 valence electrons. The van der Waals surface area contributed by atoms with Crippen LogP contribution in [0.1, 0.15) is 19.8 Å². The molecule has 0 aliphatic rings. The number of hydrogen-bond acceptors (Lipinski definition) is 6. The first kappa shape index (κ1) is 18.9. The minimum atomic E-state index is -3.03. The molecule has 19 heavy (non-hydrogen) atoms. The molecule has 0 rings (SSSR count). The van der Waals surface area contributed by atoms with Crippen LogP contribution in [0.15, 0.2) is 10.9 Å². The van der Waals surface area contributed by atoms with Crippen LogP contribution >= 0.6 is 0 Å². The van der Waals surface area contributed by atoms with Gasteiger partial charge in [-0.15, -0.1) is 0 Å². The van der Waals surface area contributed by atoms with E-state index in [1.807, 2.05) is 6.08 Å². The second kappa shape index (κ2) is 8.98. The maximum absolute atomic E-state index is 5.53. The van der Waals surface area contributed by atoms with E-state index in [1.165, 1.54) is 0 Å². The third-order valence-electron chi connectivity index (χ3n) is 2.91. The van der Waals surface area contributed by atoms with E-state index in [0.29, 0.717) is 0 Å². The van der Waals surface area contributed by atoms with Gasteiger partial charge in [0.15, 0.2) is 0 Å². The van der Waals surface area contributed by atoms with Gasteiger partial charge in [-0.3, -0.25) is 0 Å². The number of allylic oxidation sites excluding steroid dienone is 1. The second-order valence-corrected chi connectivity index (χ2v) is 10.00. The van der Waals surface area contributed by atoms with E-state index >= 15 is 0 Å². The monoisotopic (exact) mass is 310 g/mol. The van der Waals surface area contributed by atoms with E-state index in [0.717, 1.165) is 17.7 Å². The SMILES string of the molecule is CCCC=C([Si](OC)(OC)OC)[Si](OC)(OC)OC. The van der Waals surface area contributed by atoms with Crippen LogP contribution < -0.4 is 0 Å². The van der Waals surface area contributed by atoms with Crippen LogP contribution in [0.2, 0.25) is 0 Å². The van der Waals surface area contributed by atoms with Crippen LogP contribution in [-0.2, 0) is 26.6 Å². The molecule has 0 heterocycles. The smallest absolute Gasteiger partial charge is 0.374 e. The van der Waals surface area contributed by atoms with Crippen LogP contribution in [0.25, 0.3) is 0 Å². The predicted molar refractivity (Wildman–Crippen MR) is 76.6 cm³/mol. The van der Waals surface area contributed by atoms with E-state index < -0.39 is 17.6 Å². The first-order valence-corrected chi connectivity index (χ1v) is 9.53. The van der Waals surface area contributed by atoms with E-state index in [-0.39, 0.29) is 0 Å². The molecule has 0 aliphatic carbocycles. The zero-order chi connectivity index (χ0) is 14.9. The Balaban J connectivity index is 5.78. The minimum Gasteiger partial charge on any atom is -0.374 e. The van der Waals surface area contributed by atoms with Gasteiger partial charge in [0.1, 0.15) is 0 Å². The average molecular weight is 310 g/mol.